The summed E-state index contributed by atoms with van der Waals surface area (Å²) in [5, 5.41) is 6.16. The van der Waals surface area contributed by atoms with Crippen LogP contribution < -0.4 is 15.0 Å². The summed E-state index contributed by atoms with van der Waals surface area (Å²) in [4.78, 5) is 13.0. The first-order valence-corrected chi connectivity index (χ1v) is 7.83. The van der Waals surface area contributed by atoms with Gasteiger partial charge in [0.2, 0.25) is 0 Å². The van der Waals surface area contributed by atoms with E-state index in [1.807, 2.05) is 41.9 Å². The van der Waals surface area contributed by atoms with Crippen LogP contribution in [0.1, 0.15) is 0 Å². The second-order valence-corrected chi connectivity index (χ2v) is 5.76. The molecular weight excluding hydrogens is 318 g/mol. The molecule has 0 aliphatic carbocycles. The second kappa shape index (κ2) is 5.66. The molecule has 126 valence electrons. The second-order valence-electron chi connectivity index (χ2n) is 5.76. The molecule has 0 N–H and O–H groups in total. The highest BCUT2D eigenvalue weighted by Crippen LogP contribution is 2.28. The number of nitrogens with zero attached hydrogens (tertiary/aromatic N) is 3. The van der Waals surface area contributed by atoms with Crippen LogP contribution in [0, 0.1) is 0 Å². The van der Waals surface area contributed by atoms with Gasteiger partial charge < -0.3 is 14.0 Å². The van der Waals surface area contributed by atoms with Crippen LogP contribution in [0.15, 0.2) is 53.5 Å². The van der Waals surface area contributed by atoms with E-state index < -0.39 is 0 Å². The molecule has 0 amide bonds. The molecule has 0 saturated heterocycles. The van der Waals surface area contributed by atoms with E-state index in [9.17, 15) is 4.79 Å². The molecule has 0 bridgehead atoms. The van der Waals surface area contributed by atoms with Crippen LogP contribution in [0.25, 0.3) is 27.5 Å². The maximum atomic E-state index is 13.0. The lowest BCUT2D eigenvalue weighted by Gasteiger charge is -2.06. The van der Waals surface area contributed by atoms with E-state index in [1.165, 1.54) is 4.68 Å². The van der Waals surface area contributed by atoms with Gasteiger partial charge in [0.25, 0.3) is 5.56 Å². The molecule has 0 unspecified atom stereocenters. The van der Waals surface area contributed by atoms with E-state index >= 15 is 0 Å². The minimum Gasteiger partial charge on any atom is -0.497 e. The molecule has 0 radical (unpaired) electrons. The Morgan fingerprint density at radius 1 is 0.920 bits per heavy atom. The number of hydrogen-bond donors (Lipinski definition) is 0. The third-order valence-corrected chi connectivity index (χ3v) is 4.46. The molecule has 4 rings (SSSR count). The van der Waals surface area contributed by atoms with Crippen molar-refractivity contribution in [1.29, 1.82) is 0 Å². The molecule has 0 fully saturated rings. The first-order valence-electron chi connectivity index (χ1n) is 7.83. The van der Waals surface area contributed by atoms with Crippen LogP contribution in [-0.4, -0.2) is 28.6 Å². The lowest BCUT2D eigenvalue weighted by molar-refractivity contribution is 0.414. The van der Waals surface area contributed by atoms with Crippen molar-refractivity contribution in [2.24, 2.45) is 7.05 Å². The van der Waals surface area contributed by atoms with Gasteiger partial charge in [-0.15, -0.1) is 0 Å². The average Bonchev–Trinajstić information content (AvgIpc) is 2.95. The van der Waals surface area contributed by atoms with Gasteiger partial charge in [-0.05, 0) is 36.4 Å². The monoisotopic (exact) mass is 335 g/mol. The van der Waals surface area contributed by atoms with Crippen LogP contribution in [0.2, 0.25) is 0 Å². The Bertz CT molecular complexity index is 1140. The number of aromatic nitrogens is 3. The van der Waals surface area contributed by atoms with Gasteiger partial charge in [0.05, 0.1) is 31.6 Å². The molecule has 2 aromatic heterocycles. The van der Waals surface area contributed by atoms with Crippen molar-refractivity contribution in [3.05, 3.63) is 59.0 Å². The Morgan fingerprint density at radius 2 is 1.60 bits per heavy atom. The zero-order valence-corrected chi connectivity index (χ0v) is 14.2. The van der Waals surface area contributed by atoms with Crippen molar-refractivity contribution >= 4 is 21.8 Å². The molecule has 6 heteroatoms. The number of aryl methyl sites for hydroxylation is 1. The molecule has 6 nitrogen and oxygen atoms in total. The summed E-state index contributed by atoms with van der Waals surface area (Å²) in [7, 11) is 5.11. The van der Waals surface area contributed by atoms with Gasteiger partial charge in [0.1, 0.15) is 17.0 Å². The van der Waals surface area contributed by atoms with Crippen molar-refractivity contribution < 1.29 is 9.47 Å². The molecule has 0 aliphatic rings. The summed E-state index contributed by atoms with van der Waals surface area (Å²) in [5.74, 6) is 1.48. The largest absolute Gasteiger partial charge is 0.497 e. The van der Waals surface area contributed by atoms with Crippen LogP contribution >= 0.6 is 0 Å². The Labute approximate surface area is 143 Å². The van der Waals surface area contributed by atoms with E-state index in [1.54, 1.807) is 32.5 Å². The molecule has 0 saturated carbocycles. The summed E-state index contributed by atoms with van der Waals surface area (Å²) in [6.07, 6.45) is 1.73. The first-order chi connectivity index (χ1) is 12.1. The number of rotatable bonds is 3. The van der Waals surface area contributed by atoms with Crippen LogP contribution in [0.4, 0.5) is 0 Å². The molecule has 4 aromatic rings. The summed E-state index contributed by atoms with van der Waals surface area (Å²) in [6.45, 7) is 0. The Hall–Kier alpha value is -3.28. The minimum atomic E-state index is -0.166. The van der Waals surface area contributed by atoms with Crippen molar-refractivity contribution in [1.82, 2.24) is 14.3 Å². The van der Waals surface area contributed by atoms with Gasteiger partial charge in [-0.1, -0.05) is 0 Å². The quantitative estimate of drug-likeness (QED) is 0.578. The third kappa shape index (κ3) is 2.26. The highest BCUT2D eigenvalue weighted by Gasteiger charge is 2.15. The smallest absolute Gasteiger partial charge is 0.296 e. The molecule has 2 aromatic carbocycles. The van der Waals surface area contributed by atoms with Gasteiger partial charge >= 0.3 is 0 Å². The van der Waals surface area contributed by atoms with Gasteiger partial charge in [-0.25, -0.2) is 0 Å². The van der Waals surface area contributed by atoms with Crippen molar-refractivity contribution in [3.8, 4) is 17.2 Å². The fourth-order valence-corrected chi connectivity index (χ4v) is 3.14. The summed E-state index contributed by atoms with van der Waals surface area (Å²) in [5.41, 5.74) is 2.06. The Kier molecular flexibility index (Phi) is 3.46. The van der Waals surface area contributed by atoms with E-state index in [-0.39, 0.29) is 5.56 Å². The van der Waals surface area contributed by atoms with E-state index in [0.29, 0.717) is 11.2 Å². The zero-order valence-electron chi connectivity index (χ0n) is 14.2. The van der Waals surface area contributed by atoms with Crippen molar-refractivity contribution in [2.45, 2.75) is 0 Å². The predicted octanol–water partition coefficient (Wildman–Crippen LogP) is 2.89. The number of ether oxygens (including phenoxy) is 2. The topological polar surface area (TPSA) is 58.3 Å². The number of methoxy groups -OCH3 is 2. The van der Waals surface area contributed by atoms with E-state index in [0.717, 1.165) is 27.8 Å². The molecule has 0 atom stereocenters. The first kappa shape index (κ1) is 15.3. The van der Waals surface area contributed by atoms with Crippen molar-refractivity contribution in [2.75, 3.05) is 14.2 Å². The maximum absolute atomic E-state index is 13.0. The highest BCUT2D eigenvalue weighted by atomic mass is 16.5. The molecule has 0 aliphatic heterocycles. The minimum absolute atomic E-state index is 0.166. The lowest BCUT2D eigenvalue weighted by atomic mass is 10.2. The molecule has 25 heavy (non-hydrogen) atoms. The van der Waals surface area contributed by atoms with Gasteiger partial charge in [0, 0.05) is 23.9 Å². The van der Waals surface area contributed by atoms with E-state index in [4.69, 9.17) is 9.47 Å². The fraction of sp³-hybridized carbons (Fsp3) is 0.158. The number of fused-ring (bicyclic) bond motifs is 3. The standard InChI is InChI=1S/C19H17N3O3/c1-21-17-10-14(25-3)8-9-15(17)16-11-20-22(19(23)18(16)21)12-4-6-13(24-2)7-5-12/h4-11H,1-3H3. The van der Waals surface area contributed by atoms with Gasteiger partial charge in [-0.2, -0.15) is 9.78 Å². The summed E-state index contributed by atoms with van der Waals surface area (Å²) < 4.78 is 13.7. The third-order valence-electron chi connectivity index (χ3n) is 4.46. The van der Waals surface area contributed by atoms with Crippen LogP contribution in [0.5, 0.6) is 11.5 Å². The van der Waals surface area contributed by atoms with Crippen molar-refractivity contribution in [3.63, 3.8) is 0 Å². The molecule has 2 heterocycles. The van der Waals surface area contributed by atoms with Gasteiger partial charge in [0.15, 0.2) is 0 Å². The zero-order chi connectivity index (χ0) is 17.6. The Balaban J connectivity index is 2.00. The SMILES string of the molecule is COc1ccc(-n2ncc3c4ccc(OC)cc4n(C)c3c2=O)cc1. The van der Waals surface area contributed by atoms with E-state index in [2.05, 4.69) is 5.10 Å². The number of hydrogen-bond acceptors (Lipinski definition) is 4. The molecule has 0 spiro atoms. The number of benzene rings is 2. The summed E-state index contributed by atoms with van der Waals surface area (Å²) in [6, 6.07) is 13.0. The lowest BCUT2D eigenvalue weighted by Crippen LogP contribution is -2.22. The maximum Gasteiger partial charge on any atom is 0.296 e. The summed E-state index contributed by atoms with van der Waals surface area (Å²) >= 11 is 0. The average molecular weight is 335 g/mol. The van der Waals surface area contributed by atoms with Gasteiger partial charge in [-0.3, -0.25) is 4.79 Å². The predicted molar refractivity (Wildman–Crippen MR) is 96.9 cm³/mol. The highest BCUT2D eigenvalue weighted by molar-refractivity contribution is 6.07. The fourth-order valence-electron chi connectivity index (χ4n) is 3.14. The van der Waals surface area contributed by atoms with Crippen LogP contribution in [-0.2, 0) is 7.05 Å². The molecular formula is C19H17N3O3. The Morgan fingerprint density at radius 3 is 2.28 bits per heavy atom. The van der Waals surface area contributed by atoms with Crippen LogP contribution in [0.3, 0.4) is 0 Å². The normalized spacial score (nSPS) is 11.2.